The minimum absolute atomic E-state index is 0.0139. The van der Waals surface area contributed by atoms with Gasteiger partial charge in [-0.2, -0.15) is 0 Å². The standard InChI is InChI=1S/C17H22N2O3S/c1-11-9-19(10-12(2)22-11)16(21)17(3)15(20)18(4)13-7-5-6-8-14(13)23-17/h5-8,11-12H,9-10H2,1-4H3/t11-,12+,17-/m0/s1. The van der Waals surface area contributed by atoms with Crippen molar-refractivity contribution in [2.75, 3.05) is 25.0 Å². The number of morpholine rings is 1. The van der Waals surface area contributed by atoms with Crippen LogP contribution in [0.15, 0.2) is 29.2 Å². The van der Waals surface area contributed by atoms with E-state index in [9.17, 15) is 9.59 Å². The summed E-state index contributed by atoms with van der Waals surface area (Å²) in [6, 6.07) is 7.69. The smallest absolute Gasteiger partial charge is 0.252 e. The monoisotopic (exact) mass is 334 g/mol. The minimum atomic E-state index is -1.13. The second-order valence-electron chi connectivity index (χ2n) is 6.43. The number of para-hydroxylation sites is 1. The second kappa shape index (κ2) is 5.83. The summed E-state index contributed by atoms with van der Waals surface area (Å²) in [5.41, 5.74) is 0.858. The van der Waals surface area contributed by atoms with E-state index in [0.29, 0.717) is 13.1 Å². The lowest BCUT2D eigenvalue weighted by atomic mass is 10.0. The van der Waals surface area contributed by atoms with Crippen molar-refractivity contribution < 1.29 is 14.3 Å². The molecular weight excluding hydrogens is 312 g/mol. The van der Waals surface area contributed by atoms with Gasteiger partial charge in [0.2, 0.25) is 5.91 Å². The molecule has 1 fully saturated rings. The molecule has 0 radical (unpaired) electrons. The van der Waals surface area contributed by atoms with Gasteiger partial charge in [-0.05, 0) is 32.9 Å². The predicted octanol–water partition coefficient (Wildman–Crippen LogP) is 2.15. The van der Waals surface area contributed by atoms with Crippen LogP contribution in [0.3, 0.4) is 0 Å². The van der Waals surface area contributed by atoms with Gasteiger partial charge in [-0.25, -0.2) is 0 Å². The minimum Gasteiger partial charge on any atom is -0.372 e. The molecule has 1 saturated heterocycles. The van der Waals surface area contributed by atoms with Gasteiger partial charge in [0.25, 0.3) is 5.91 Å². The first-order valence-corrected chi connectivity index (χ1v) is 8.65. The highest BCUT2D eigenvalue weighted by Gasteiger charge is 2.50. The summed E-state index contributed by atoms with van der Waals surface area (Å²) in [5.74, 6) is -0.297. The molecule has 2 heterocycles. The molecule has 0 spiro atoms. The lowest BCUT2D eigenvalue weighted by molar-refractivity contribution is -0.148. The van der Waals surface area contributed by atoms with Crippen molar-refractivity contribution in [1.82, 2.24) is 4.90 Å². The molecule has 124 valence electrons. The molecule has 3 atom stereocenters. The van der Waals surface area contributed by atoms with Crippen molar-refractivity contribution in [3.05, 3.63) is 24.3 Å². The maximum Gasteiger partial charge on any atom is 0.252 e. The number of rotatable bonds is 1. The van der Waals surface area contributed by atoms with Crippen LogP contribution in [0, 0.1) is 0 Å². The summed E-state index contributed by atoms with van der Waals surface area (Å²) >= 11 is 1.35. The first-order chi connectivity index (χ1) is 10.8. The molecule has 0 N–H and O–H groups in total. The van der Waals surface area contributed by atoms with Crippen LogP contribution in [0.2, 0.25) is 0 Å². The van der Waals surface area contributed by atoms with Crippen LogP contribution in [-0.2, 0) is 14.3 Å². The summed E-state index contributed by atoms with van der Waals surface area (Å²) in [6.07, 6.45) is -0.0278. The third kappa shape index (κ3) is 2.74. The Morgan fingerprint density at radius 2 is 1.87 bits per heavy atom. The zero-order valence-corrected chi connectivity index (χ0v) is 14.7. The van der Waals surface area contributed by atoms with E-state index < -0.39 is 4.75 Å². The maximum absolute atomic E-state index is 13.1. The Hall–Kier alpha value is -1.53. The predicted molar refractivity (Wildman–Crippen MR) is 90.7 cm³/mol. The molecule has 23 heavy (non-hydrogen) atoms. The molecule has 0 bridgehead atoms. The Morgan fingerprint density at radius 1 is 1.26 bits per heavy atom. The van der Waals surface area contributed by atoms with Gasteiger partial charge >= 0.3 is 0 Å². The molecule has 1 aromatic carbocycles. The molecule has 2 aliphatic heterocycles. The van der Waals surface area contributed by atoms with Crippen LogP contribution in [-0.4, -0.2) is 53.8 Å². The first kappa shape index (κ1) is 16.3. The number of ether oxygens (including phenoxy) is 1. The number of benzene rings is 1. The van der Waals surface area contributed by atoms with Crippen molar-refractivity contribution >= 4 is 29.3 Å². The summed E-state index contributed by atoms with van der Waals surface area (Å²) in [6.45, 7) is 6.70. The van der Waals surface area contributed by atoms with Crippen LogP contribution in [0.4, 0.5) is 5.69 Å². The van der Waals surface area contributed by atoms with Crippen molar-refractivity contribution in [1.29, 1.82) is 0 Å². The topological polar surface area (TPSA) is 49.9 Å². The highest BCUT2D eigenvalue weighted by atomic mass is 32.2. The number of fused-ring (bicyclic) bond motifs is 1. The van der Waals surface area contributed by atoms with Gasteiger partial charge in [0, 0.05) is 25.0 Å². The normalized spacial score (nSPS) is 31.0. The fraction of sp³-hybridized carbons (Fsp3) is 0.529. The molecule has 2 amide bonds. The van der Waals surface area contributed by atoms with Crippen LogP contribution < -0.4 is 4.90 Å². The zero-order chi connectivity index (χ0) is 16.8. The number of carbonyl (C=O) groups is 2. The van der Waals surface area contributed by atoms with Gasteiger partial charge < -0.3 is 14.5 Å². The molecule has 6 heteroatoms. The average Bonchev–Trinajstić information content (AvgIpc) is 2.51. The van der Waals surface area contributed by atoms with Crippen molar-refractivity contribution in [3.63, 3.8) is 0 Å². The molecule has 0 saturated carbocycles. The SMILES string of the molecule is C[C@@H]1CN(C(=O)[C@@]2(C)Sc3ccccc3N(C)C2=O)C[C@H](C)O1. The van der Waals surface area contributed by atoms with E-state index in [4.69, 9.17) is 4.74 Å². The van der Waals surface area contributed by atoms with Gasteiger partial charge in [0.05, 0.1) is 17.9 Å². The lowest BCUT2D eigenvalue weighted by Gasteiger charge is -2.42. The highest BCUT2D eigenvalue weighted by Crippen LogP contribution is 2.45. The number of thioether (sulfide) groups is 1. The van der Waals surface area contributed by atoms with E-state index >= 15 is 0 Å². The number of anilines is 1. The molecule has 3 rings (SSSR count). The summed E-state index contributed by atoms with van der Waals surface area (Å²) in [4.78, 5) is 30.3. The van der Waals surface area contributed by atoms with Crippen LogP contribution >= 0.6 is 11.8 Å². The van der Waals surface area contributed by atoms with E-state index in [1.807, 2.05) is 38.1 Å². The Bertz CT molecular complexity index is 640. The van der Waals surface area contributed by atoms with Gasteiger partial charge in [0.15, 0.2) is 4.75 Å². The Kier molecular flexibility index (Phi) is 4.14. The fourth-order valence-corrected chi connectivity index (χ4v) is 4.63. The Labute approximate surface area is 141 Å². The Morgan fingerprint density at radius 3 is 2.52 bits per heavy atom. The van der Waals surface area contributed by atoms with E-state index in [1.54, 1.807) is 23.8 Å². The van der Waals surface area contributed by atoms with Gasteiger partial charge in [-0.3, -0.25) is 9.59 Å². The zero-order valence-electron chi connectivity index (χ0n) is 13.9. The third-order valence-electron chi connectivity index (χ3n) is 4.37. The quantitative estimate of drug-likeness (QED) is 0.739. The summed E-state index contributed by atoms with van der Waals surface area (Å²) < 4.78 is 4.57. The van der Waals surface area contributed by atoms with E-state index in [2.05, 4.69) is 0 Å². The third-order valence-corrected chi connectivity index (χ3v) is 5.69. The van der Waals surface area contributed by atoms with Crippen LogP contribution in [0.1, 0.15) is 20.8 Å². The van der Waals surface area contributed by atoms with Gasteiger partial charge in [0.1, 0.15) is 0 Å². The number of hydrogen-bond donors (Lipinski definition) is 0. The van der Waals surface area contributed by atoms with Crippen LogP contribution in [0.5, 0.6) is 0 Å². The number of amides is 2. The summed E-state index contributed by atoms with van der Waals surface area (Å²) in [7, 11) is 1.73. The fourth-order valence-electron chi connectivity index (χ4n) is 3.29. The summed E-state index contributed by atoms with van der Waals surface area (Å²) in [5, 5.41) is 0. The molecule has 5 nitrogen and oxygen atoms in total. The van der Waals surface area contributed by atoms with Crippen molar-refractivity contribution in [2.24, 2.45) is 0 Å². The van der Waals surface area contributed by atoms with Gasteiger partial charge in [-0.15, -0.1) is 0 Å². The molecule has 1 aromatic rings. The van der Waals surface area contributed by atoms with E-state index in [-0.39, 0.29) is 24.0 Å². The highest BCUT2D eigenvalue weighted by molar-refractivity contribution is 8.02. The van der Waals surface area contributed by atoms with Crippen molar-refractivity contribution in [3.8, 4) is 0 Å². The molecule has 0 aromatic heterocycles. The molecule has 0 aliphatic carbocycles. The Balaban J connectivity index is 1.92. The maximum atomic E-state index is 13.1. The lowest BCUT2D eigenvalue weighted by Crippen LogP contribution is -2.60. The van der Waals surface area contributed by atoms with E-state index in [0.717, 1.165) is 10.6 Å². The van der Waals surface area contributed by atoms with Gasteiger partial charge in [-0.1, -0.05) is 23.9 Å². The van der Waals surface area contributed by atoms with E-state index in [1.165, 1.54) is 11.8 Å². The van der Waals surface area contributed by atoms with Crippen LogP contribution in [0.25, 0.3) is 0 Å². The molecule has 0 unspecified atom stereocenters. The number of carbonyl (C=O) groups excluding carboxylic acids is 2. The average molecular weight is 334 g/mol. The second-order valence-corrected chi connectivity index (χ2v) is 7.90. The molecular formula is C17H22N2O3S. The van der Waals surface area contributed by atoms with Crippen molar-refractivity contribution in [2.45, 2.75) is 42.6 Å². The number of hydrogen-bond acceptors (Lipinski definition) is 4. The largest absolute Gasteiger partial charge is 0.372 e. The number of nitrogens with zero attached hydrogens (tertiary/aromatic N) is 2. The first-order valence-electron chi connectivity index (χ1n) is 7.84. The molecule has 2 aliphatic rings.